The predicted octanol–water partition coefficient (Wildman–Crippen LogP) is 4.92. The highest BCUT2D eigenvalue weighted by Gasteiger charge is 2.18. The number of alkyl carbamates (subject to hydrolysis) is 1. The summed E-state index contributed by atoms with van der Waals surface area (Å²) in [6, 6.07) is 4.25. The van der Waals surface area contributed by atoms with E-state index in [4.69, 9.17) is 4.74 Å². The Hall–Kier alpha value is -2.45. The lowest BCUT2D eigenvalue weighted by Crippen LogP contribution is -2.39. The van der Waals surface area contributed by atoms with Gasteiger partial charge in [0.15, 0.2) is 5.13 Å². The number of carbonyl (C=O) groups excluding carboxylic acids is 1. The third-order valence-electron chi connectivity index (χ3n) is 5.04. The van der Waals surface area contributed by atoms with E-state index in [1.54, 1.807) is 20.8 Å². The van der Waals surface area contributed by atoms with E-state index in [1.807, 2.05) is 17.8 Å². The Balaban J connectivity index is 1.50. The van der Waals surface area contributed by atoms with Crippen molar-refractivity contribution < 1.29 is 14.6 Å². The molecular formula is C23H32N4O3S. The lowest BCUT2D eigenvalue weighted by atomic mass is 9.86. The number of nitrogens with zero attached hydrogens (tertiary/aromatic N) is 2. The van der Waals surface area contributed by atoms with E-state index < -0.39 is 17.9 Å². The van der Waals surface area contributed by atoms with Crippen LogP contribution in [0.1, 0.15) is 70.1 Å². The second-order valence-electron chi connectivity index (χ2n) is 8.76. The van der Waals surface area contributed by atoms with Crippen LogP contribution in [0.15, 0.2) is 36.0 Å². The van der Waals surface area contributed by atoms with Gasteiger partial charge in [0.2, 0.25) is 0 Å². The maximum atomic E-state index is 11.7. The van der Waals surface area contributed by atoms with Gasteiger partial charge in [0.25, 0.3) is 0 Å². The summed E-state index contributed by atoms with van der Waals surface area (Å²) in [5.41, 5.74) is 3.03. The molecule has 3 N–H and O–H groups in total. The van der Waals surface area contributed by atoms with Gasteiger partial charge in [-0.3, -0.25) is 4.98 Å². The van der Waals surface area contributed by atoms with Crippen molar-refractivity contribution >= 4 is 28.1 Å². The van der Waals surface area contributed by atoms with Crippen molar-refractivity contribution in [1.82, 2.24) is 15.3 Å². The van der Waals surface area contributed by atoms with Crippen LogP contribution in [0, 0.1) is 0 Å². The highest BCUT2D eigenvalue weighted by Crippen LogP contribution is 2.34. The summed E-state index contributed by atoms with van der Waals surface area (Å²) in [5.74, 6) is 0.584. The molecule has 1 aliphatic rings. The van der Waals surface area contributed by atoms with Crippen LogP contribution in [0.25, 0.3) is 5.57 Å². The van der Waals surface area contributed by atoms with Gasteiger partial charge in [-0.05, 0) is 82.1 Å². The molecule has 2 heterocycles. The number of hydrogen-bond acceptors (Lipinski definition) is 7. The smallest absolute Gasteiger partial charge is 0.407 e. The molecule has 0 saturated heterocycles. The molecule has 3 rings (SSSR count). The first kappa shape index (κ1) is 23.2. The molecule has 2 aromatic rings. The Kier molecular flexibility index (Phi) is 8.03. The summed E-state index contributed by atoms with van der Waals surface area (Å²) >= 11 is 1.45. The number of pyridine rings is 1. The SMILES string of the molecule is CC(C)(C)OC(=O)NCC(O)Nc1nc(/C2=C/CCC(c3ccncc3)CCC2)cs1. The van der Waals surface area contributed by atoms with Crippen LogP contribution in [-0.4, -0.2) is 39.5 Å². The Morgan fingerprint density at radius 3 is 2.84 bits per heavy atom. The van der Waals surface area contributed by atoms with Gasteiger partial charge in [0, 0.05) is 17.8 Å². The van der Waals surface area contributed by atoms with Crippen LogP contribution in [0.5, 0.6) is 0 Å². The first-order chi connectivity index (χ1) is 14.8. The maximum absolute atomic E-state index is 11.7. The number of ether oxygens (including phenoxy) is 1. The van der Waals surface area contributed by atoms with Crippen molar-refractivity contribution in [2.45, 2.75) is 70.6 Å². The number of aromatic nitrogens is 2. The number of anilines is 1. The Morgan fingerprint density at radius 1 is 1.32 bits per heavy atom. The minimum atomic E-state index is -0.945. The lowest BCUT2D eigenvalue weighted by molar-refractivity contribution is 0.0500. The van der Waals surface area contributed by atoms with E-state index in [9.17, 15) is 9.90 Å². The van der Waals surface area contributed by atoms with Crippen LogP contribution in [0.2, 0.25) is 0 Å². The number of rotatable bonds is 6. The molecule has 2 atom stereocenters. The van der Waals surface area contributed by atoms with E-state index in [0.717, 1.165) is 37.8 Å². The number of amides is 1. The number of allylic oxidation sites excluding steroid dienone is 2. The molecule has 1 aliphatic carbocycles. The molecular weight excluding hydrogens is 412 g/mol. The average molecular weight is 445 g/mol. The summed E-state index contributed by atoms with van der Waals surface area (Å²) in [5, 5.41) is 18.3. The van der Waals surface area contributed by atoms with Crippen molar-refractivity contribution in [3.05, 3.63) is 47.2 Å². The van der Waals surface area contributed by atoms with Crippen molar-refractivity contribution in [2.24, 2.45) is 0 Å². The second-order valence-corrected chi connectivity index (χ2v) is 9.62. The molecule has 0 fully saturated rings. The number of hydrogen-bond donors (Lipinski definition) is 3. The van der Waals surface area contributed by atoms with Gasteiger partial charge < -0.3 is 20.5 Å². The van der Waals surface area contributed by atoms with Crippen molar-refractivity contribution in [1.29, 1.82) is 0 Å². The minimum Gasteiger partial charge on any atom is -0.444 e. The number of nitrogens with one attached hydrogen (secondary N) is 2. The first-order valence-corrected chi connectivity index (χ1v) is 11.6. The monoisotopic (exact) mass is 444 g/mol. The number of aliphatic hydroxyl groups is 1. The van der Waals surface area contributed by atoms with Crippen LogP contribution in [0.3, 0.4) is 0 Å². The molecule has 0 aliphatic heterocycles. The van der Waals surface area contributed by atoms with E-state index in [1.165, 1.54) is 22.5 Å². The molecule has 0 radical (unpaired) electrons. The molecule has 1 amide bonds. The fourth-order valence-corrected chi connectivity index (χ4v) is 4.40. The van der Waals surface area contributed by atoms with Crippen LogP contribution < -0.4 is 10.6 Å². The third-order valence-corrected chi connectivity index (χ3v) is 5.82. The van der Waals surface area contributed by atoms with Crippen LogP contribution in [0.4, 0.5) is 9.93 Å². The Morgan fingerprint density at radius 2 is 2.10 bits per heavy atom. The van der Waals surface area contributed by atoms with Crippen LogP contribution in [-0.2, 0) is 4.74 Å². The van der Waals surface area contributed by atoms with Gasteiger partial charge in [0.05, 0.1) is 12.2 Å². The topological polar surface area (TPSA) is 96.4 Å². The van der Waals surface area contributed by atoms with Gasteiger partial charge in [-0.1, -0.05) is 6.08 Å². The molecule has 7 nitrogen and oxygen atoms in total. The summed E-state index contributed by atoms with van der Waals surface area (Å²) in [6.07, 6.45) is 9.95. The van der Waals surface area contributed by atoms with Gasteiger partial charge >= 0.3 is 6.09 Å². The standard InChI is InChI=1S/C23H32N4O3S/c1-23(2,3)30-22(29)25-14-20(28)27-21-26-19(15-31-21)18-8-4-6-16(7-5-9-18)17-10-12-24-13-11-17/h8,10-13,15-16,20,28H,4-7,9,14H2,1-3H3,(H,25,29)(H,26,27)/b18-8+. The normalized spacial score (nSPS) is 20.0. The third kappa shape index (κ3) is 7.63. The zero-order valence-electron chi connectivity index (χ0n) is 18.4. The Bertz CT molecular complexity index is 876. The summed E-state index contributed by atoms with van der Waals surface area (Å²) in [7, 11) is 0. The predicted molar refractivity (Wildman–Crippen MR) is 124 cm³/mol. The van der Waals surface area contributed by atoms with Crippen molar-refractivity contribution in [3.63, 3.8) is 0 Å². The van der Waals surface area contributed by atoms with Gasteiger partial charge in [-0.15, -0.1) is 11.3 Å². The average Bonchev–Trinajstić information content (AvgIpc) is 3.14. The van der Waals surface area contributed by atoms with Gasteiger partial charge in [-0.25, -0.2) is 9.78 Å². The molecule has 168 valence electrons. The molecule has 0 aromatic carbocycles. The van der Waals surface area contributed by atoms with E-state index in [2.05, 4.69) is 38.8 Å². The fraction of sp³-hybridized carbons (Fsp3) is 0.522. The Labute approximate surface area is 188 Å². The zero-order chi connectivity index (χ0) is 22.3. The maximum Gasteiger partial charge on any atom is 0.407 e. The fourth-order valence-electron chi connectivity index (χ4n) is 3.62. The largest absolute Gasteiger partial charge is 0.444 e. The van der Waals surface area contributed by atoms with Crippen LogP contribution >= 0.6 is 11.3 Å². The number of thiazole rings is 1. The molecule has 0 spiro atoms. The molecule has 0 bridgehead atoms. The minimum absolute atomic E-state index is 0.0307. The number of aliphatic hydroxyl groups excluding tert-OH is 1. The van der Waals surface area contributed by atoms with E-state index >= 15 is 0 Å². The number of carbonyl (C=O) groups is 1. The molecule has 2 unspecified atom stereocenters. The van der Waals surface area contributed by atoms with Crippen molar-refractivity contribution in [2.75, 3.05) is 11.9 Å². The van der Waals surface area contributed by atoms with Gasteiger partial charge in [0.1, 0.15) is 11.8 Å². The molecule has 31 heavy (non-hydrogen) atoms. The van der Waals surface area contributed by atoms with E-state index in [-0.39, 0.29) is 6.54 Å². The summed E-state index contributed by atoms with van der Waals surface area (Å²) in [4.78, 5) is 20.5. The quantitative estimate of drug-likeness (QED) is 0.547. The summed E-state index contributed by atoms with van der Waals surface area (Å²) in [6.45, 7) is 5.41. The van der Waals surface area contributed by atoms with Crippen molar-refractivity contribution in [3.8, 4) is 0 Å². The highest BCUT2D eigenvalue weighted by molar-refractivity contribution is 7.13. The second kappa shape index (κ2) is 10.7. The lowest BCUT2D eigenvalue weighted by Gasteiger charge is -2.20. The molecule has 2 aromatic heterocycles. The summed E-state index contributed by atoms with van der Waals surface area (Å²) < 4.78 is 5.17. The molecule has 8 heteroatoms. The highest BCUT2D eigenvalue weighted by atomic mass is 32.1. The first-order valence-electron chi connectivity index (χ1n) is 10.8. The van der Waals surface area contributed by atoms with Gasteiger partial charge in [-0.2, -0.15) is 0 Å². The molecule has 0 saturated carbocycles. The van der Waals surface area contributed by atoms with E-state index in [0.29, 0.717) is 11.0 Å². The zero-order valence-corrected chi connectivity index (χ0v) is 19.2.